The van der Waals surface area contributed by atoms with Crippen molar-refractivity contribution in [3.8, 4) is 5.75 Å². The number of rotatable bonds is 4. The number of aliphatic imine (C=N–C) groups is 1. The minimum absolute atomic E-state index is 0.0633. The van der Waals surface area contributed by atoms with Crippen molar-refractivity contribution in [1.29, 1.82) is 0 Å². The number of hydrogen-bond acceptors (Lipinski definition) is 4. The Morgan fingerprint density at radius 3 is 2.58 bits per heavy atom. The Morgan fingerprint density at radius 1 is 1.33 bits per heavy atom. The van der Waals surface area contributed by atoms with Gasteiger partial charge in [-0.25, -0.2) is 8.42 Å². The molecule has 1 atom stereocenters. The lowest BCUT2D eigenvalue weighted by Crippen LogP contribution is -2.29. The SMILES string of the molecule is NC(=NCC1CCCS(=O)(=O)C1)Nc1ccc(OC(F)(F)F)cc1. The van der Waals surface area contributed by atoms with Gasteiger partial charge in [0.15, 0.2) is 15.8 Å². The van der Waals surface area contributed by atoms with E-state index >= 15 is 0 Å². The molecular formula is C14H18F3N3O3S. The fraction of sp³-hybridized carbons (Fsp3) is 0.500. The van der Waals surface area contributed by atoms with E-state index in [9.17, 15) is 21.6 Å². The zero-order valence-corrected chi connectivity index (χ0v) is 13.5. The fourth-order valence-electron chi connectivity index (χ4n) is 2.42. The van der Waals surface area contributed by atoms with Crippen molar-refractivity contribution in [2.75, 3.05) is 23.4 Å². The molecule has 1 aromatic rings. The van der Waals surface area contributed by atoms with Crippen LogP contribution in [0.3, 0.4) is 0 Å². The number of alkyl halides is 3. The third kappa shape index (κ3) is 6.26. The van der Waals surface area contributed by atoms with E-state index in [4.69, 9.17) is 5.73 Å². The predicted octanol–water partition coefficient (Wildman–Crippen LogP) is 2.14. The maximum absolute atomic E-state index is 12.1. The van der Waals surface area contributed by atoms with Gasteiger partial charge in [-0.05, 0) is 43.0 Å². The first-order valence-electron chi connectivity index (χ1n) is 7.26. The molecule has 134 valence electrons. The van der Waals surface area contributed by atoms with Gasteiger partial charge >= 0.3 is 6.36 Å². The molecule has 1 fully saturated rings. The molecule has 0 radical (unpaired) electrons. The van der Waals surface area contributed by atoms with Crippen molar-refractivity contribution in [3.63, 3.8) is 0 Å². The quantitative estimate of drug-likeness (QED) is 0.630. The maximum atomic E-state index is 12.1. The highest BCUT2D eigenvalue weighted by molar-refractivity contribution is 7.91. The number of sulfone groups is 1. The van der Waals surface area contributed by atoms with E-state index < -0.39 is 16.2 Å². The van der Waals surface area contributed by atoms with Gasteiger partial charge in [-0.15, -0.1) is 13.2 Å². The van der Waals surface area contributed by atoms with Crippen molar-refractivity contribution >= 4 is 21.5 Å². The zero-order chi connectivity index (χ0) is 17.8. The maximum Gasteiger partial charge on any atom is 0.573 e. The van der Waals surface area contributed by atoms with Crippen LogP contribution in [0, 0.1) is 5.92 Å². The molecule has 2 rings (SSSR count). The Morgan fingerprint density at radius 2 is 2.00 bits per heavy atom. The summed E-state index contributed by atoms with van der Waals surface area (Å²) in [4.78, 5) is 4.10. The van der Waals surface area contributed by atoms with E-state index in [1.54, 1.807) is 0 Å². The Labute approximate surface area is 137 Å². The monoisotopic (exact) mass is 365 g/mol. The standard InChI is InChI=1S/C14H18F3N3O3S/c15-14(16,17)23-12-5-3-11(4-6-12)20-13(18)19-8-10-2-1-7-24(21,22)9-10/h3-6,10H,1-2,7-9H2,(H3,18,19,20). The van der Waals surface area contributed by atoms with Crippen molar-refractivity contribution in [2.24, 2.45) is 16.6 Å². The van der Waals surface area contributed by atoms with E-state index in [0.717, 1.165) is 18.6 Å². The van der Waals surface area contributed by atoms with Crippen LogP contribution < -0.4 is 15.8 Å². The van der Waals surface area contributed by atoms with E-state index in [1.807, 2.05) is 0 Å². The van der Waals surface area contributed by atoms with Crippen molar-refractivity contribution < 1.29 is 26.3 Å². The number of anilines is 1. The molecule has 1 unspecified atom stereocenters. The molecular weight excluding hydrogens is 347 g/mol. The summed E-state index contributed by atoms with van der Waals surface area (Å²) in [7, 11) is -2.99. The van der Waals surface area contributed by atoms with Crippen LogP contribution in [0.25, 0.3) is 0 Å². The van der Waals surface area contributed by atoms with E-state index in [2.05, 4.69) is 15.0 Å². The summed E-state index contributed by atoms with van der Waals surface area (Å²) in [5.74, 6) is -0.00863. The number of halogens is 3. The first-order chi connectivity index (χ1) is 11.1. The van der Waals surface area contributed by atoms with Gasteiger partial charge in [0, 0.05) is 12.2 Å². The highest BCUT2D eigenvalue weighted by Crippen LogP contribution is 2.24. The van der Waals surface area contributed by atoms with Crippen LogP contribution in [-0.4, -0.2) is 38.8 Å². The second kappa shape index (κ2) is 7.29. The molecule has 24 heavy (non-hydrogen) atoms. The topological polar surface area (TPSA) is 93.8 Å². The molecule has 0 spiro atoms. The molecule has 0 aliphatic carbocycles. The van der Waals surface area contributed by atoms with Gasteiger partial charge in [-0.3, -0.25) is 4.99 Å². The molecule has 1 aromatic carbocycles. The van der Waals surface area contributed by atoms with E-state index in [0.29, 0.717) is 12.1 Å². The molecule has 1 saturated heterocycles. The van der Waals surface area contributed by atoms with E-state index in [-0.39, 0.29) is 35.7 Å². The Balaban J connectivity index is 1.88. The molecule has 0 saturated carbocycles. The second-order valence-electron chi connectivity index (χ2n) is 5.55. The summed E-state index contributed by atoms with van der Waals surface area (Å²) >= 11 is 0. The van der Waals surface area contributed by atoms with Crippen LogP contribution in [0.2, 0.25) is 0 Å². The second-order valence-corrected chi connectivity index (χ2v) is 7.77. The van der Waals surface area contributed by atoms with Crippen LogP contribution in [0.5, 0.6) is 5.75 Å². The summed E-state index contributed by atoms with van der Waals surface area (Å²) in [6, 6.07) is 5.04. The lowest BCUT2D eigenvalue weighted by Gasteiger charge is -2.20. The van der Waals surface area contributed by atoms with Gasteiger partial charge in [0.05, 0.1) is 11.5 Å². The normalized spacial score (nSPS) is 21.3. The smallest absolute Gasteiger partial charge is 0.406 e. The summed E-state index contributed by atoms with van der Waals surface area (Å²) in [5, 5.41) is 2.73. The van der Waals surface area contributed by atoms with Crippen LogP contribution in [0.1, 0.15) is 12.8 Å². The number of nitrogens with two attached hydrogens (primary N) is 1. The number of nitrogens with zero attached hydrogens (tertiary/aromatic N) is 1. The van der Waals surface area contributed by atoms with Gasteiger partial charge in [-0.1, -0.05) is 0 Å². The van der Waals surface area contributed by atoms with Crippen molar-refractivity contribution in [2.45, 2.75) is 19.2 Å². The molecule has 0 aromatic heterocycles. The predicted molar refractivity (Wildman–Crippen MR) is 84.6 cm³/mol. The molecule has 0 bridgehead atoms. The lowest BCUT2D eigenvalue weighted by molar-refractivity contribution is -0.274. The van der Waals surface area contributed by atoms with Gasteiger partial charge in [0.1, 0.15) is 5.75 Å². The average Bonchev–Trinajstić information content (AvgIpc) is 2.45. The fourth-order valence-corrected chi connectivity index (χ4v) is 4.18. The Bertz CT molecular complexity index is 687. The molecule has 1 aliphatic rings. The highest BCUT2D eigenvalue weighted by Gasteiger charge is 2.31. The summed E-state index contributed by atoms with van der Waals surface area (Å²) in [6.07, 6.45) is -3.34. The third-order valence-corrected chi connectivity index (χ3v) is 5.33. The van der Waals surface area contributed by atoms with Gasteiger partial charge in [0.25, 0.3) is 0 Å². The Hall–Kier alpha value is -1.97. The average molecular weight is 365 g/mol. The minimum atomic E-state index is -4.74. The summed E-state index contributed by atoms with van der Waals surface area (Å²) in [6.45, 7) is 0.285. The van der Waals surface area contributed by atoms with Gasteiger partial charge in [-0.2, -0.15) is 0 Å². The van der Waals surface area contributed by atoms with E-state index in [1.165, 1.54) is 12.1 Å². The van der Waals surface area contributed by atoms with Crippen molar-refractivity contribution in [3.05, 3.63) is 24.3 Å². The largest absolute Gasteiger partial charge is 0.573 e. The molecule has 10 heteroatoms. The van der Waals surface area contributed by atoms with Crippen LogP contribution in [-0.2, 0) is 9.84 Å². The number of hydrogen-bond donors (Lipinski definition) is 2. The highest BCUT2D eigenvalue weighted by atomic mass is 32.2. The minimum Gasteiger partial charge on any atom is -0.406 e. The van der Waals surface area contributed by atoms with Crippen LogP contribution >= 0.6 is 0 Å². The lowest BCUT2D eigenvalue weighted by atomic mass is 10.1. The Kier molecular flexibility index (Phi) is 5.58. The molecule has 1 heterocycles. The third-order valence-electron chi connectivity index (χ3n) is 3.44. The van der Waals surface area contributed by atoms with Crippen molar-refractivity contribution in [1.82, 2.24) is 0 Å². The number of guanidine groups is 1. The molecule has 0 amide bonds. The van der Waals surface area contributed by atoms with Crippen LogP contribution in [0.15, 0.2) is 29.3 Å². The van der Waals surface area contributed by atoms with Gasteiger partial charge in [0.2, 0.25) is 0 Å². The number of nitrogens with one attached hydrogen (secondary N) is 1. The van der Waals surface area contributed by atoms with Gasteiger partial charge < -0.3 is 15.8 Å². The number of ether oxygens (including phenoxy) is 1. The molecule has 1 aliphatic heterocycles. The number of benzene rings is 1. The summed E-state index contributed by atoms with van der Waals surface area (Å²) < 4.78 is 63.0. The van der Waals surface area contributed by atoms with Crippen LogP contribution in [0.4, 0.5) is 18.9 Å². The summed E-state index contributed by atoms with van der Waals surface area (Å²) in [5.41, 5.74) is 6.15. The first kappa shape index (κ1) is 18.4. The molecule has 6 nitrogen and oxygen atoms in total. The first-order valence-corrected chi connectivity index (χ1v) is 9.08. The zero-order valence-electron chi connectivity index (χ0n) is 12.7. The molecule has 3 N–H and O–H groups in total.